The van der Waals surface area contributed by atoms with Crippen LogP contribution in [0, 0.1) is 5.92 Å². The molecule has 5 heteroatoms. The molecule has 2 aromatic rings. The molecule has 0 spiro atoms. The molecule has 3 rings (SSSR count). The SMILES string of the molecule is CCOC(=O)C1CCc2cc(OCc3ccc(Cl)cc3)ccc2C1=O. The van der Waals surface area contributed by atoms with Crippen molar-refractivity contribution in [1.82, 2.24) is 0 Å². The molecule has 25 heavy (non-hydrogen) atoms. The highest BCUT2D eigenvalue weighted by molar-refractivity contribution is 6.30. The number of fused-ring (bicyclic) bond motifs is 1. The zero-order valence-electron chi connectivity index (χ0n) is 14.0. The van der Waals surface area contributed by atoms with Crippen LogP contribution in [-0.2, 0) is 22.6 Å². The third-order valence-electron chi connectivity index (χ3n) is 4.25. The van der Waals surface area contributed by atoms with Gasteiger partial charge in [0.2, 0.25) is 0 Å². The van der Waals surface area contributed by atoms with Crippen LogP contribution in [0.5, 0.6) is 5.75 Å². The van der Waals surface area contributed by atoms with Crippen molar-refractivity contribution in [3.05, 3.63) is 64.2 Å². The molecule has 1 aliphatic carbocycles. The summed E-state index contributed by atoms with van der Waals surface area (Å²) >= 11 is 5.87. The highest BCUT2D eigenvalue weighted by atomic mass is 35.5. The van der Waals surface area contributed by atoms with Crippen LogP contribution < -0.4 is 4.74 Å². The number of benzene rings is 2. The lowest BCUT2D eigenvalue weighted by Crippen LogP contribution is -2.31. The van der Waals surface area contributed by atoms with Crippen molar-refractivity contribution in [3.8, 4) is 5.75 Å². The van der Waals surface area contributed by atoms with Crippen molar-refractivity contribution in [3.63, 3.8) is 0 Å². The summed E-state index contributed by atoms with van der Waals surface area (Å²) in [6, 6.07) is 12.8. The van der Waals surface area contributed by atoms with E-state index >= 15 is 0 Å². The molecule has 0 saturated heterocycles. The quantitative estimate of drug-likeness (QED) is 0.593. The van der Waals surface area contributed by atoms with E-state index in [0.717, 1.165) is 11.1 Å². The van der Waals surface area contributed by atoms with Gasteiger partial charge in [-0.15, -0.1) is 0 Å². The summed E-state index contributed by atoms with van der Waals surface area (Å²) in [5.74, 6) is -0.575. The van der Waals surface area contributed by atoms with E-state index in [-0.39, 0.29) is 12.4 Å². The van der Waals surface area contributed by atoms with Gasteiger partial charge in [0.25, 0.3) is 0 Å². The molecular formula is C20H19ClO4. The van der Waals surface area contributed by atoms with E-state index in [4.69, 9.17) is 21.1 Å². The van der Waals surface area contributed by atoms with Crippen LogP contribution in [-0.4, -0.2) is 18.4 Å². The monoisotopic (exact) mass is 358 g/mol. The average molecular weight is 359 g/mol. The van der Waals surface area contributed by atoms with Gasteiger partial charge in [0.15, 0.2) is 5.78 Å². The Morgan fingerprint density at radius 1 is 1.20 bits per heavy atom. The van der Waals surface area contributed by atoms with Gasteiger partial charge in [-0.05, 0) is 61.2 Å². The van der Waals surface area contributed by atoms with Crippen LogP contribution in [0.25, 0.3) is 0 Å². The summed E-state index contributed by atoms with van der Waals surface area (Å²) in [4.78, 5) is 24.4. The van der Waals surface area contributed by atoms with Crippen LogP contribution in [0.15, 0.2) is 42.5 Å². The fraction of sp³-hybridized carbons (Fsp3) is 0.300. The van der Waals surface area contributed by atoms with E-state index in [1.54, 1.807) is 19.1 Å². The number of carbonyl (C=O) groups excluding carboxylic acids is 2. The van der Waals surface area contributed by atoms with Crippen LogP contribution >= 0.6 is 11.6 Å². The second-order valence-corrected chi connectivity index (χ2v) is 6.38. The summed E-state index contributed by atoms with van der Waals surface area (Å²) in [6.45, 7) is 2.45. The third kappa shape index (κ3) is 4.02. The number of ketones is 1. The summed E-state index contributed by atoms with van der Waals surface area (Å²) < 4.78 is 10.8. The Labute approximate surface area is 151 Å². The van der Waals surface area contributed by atoms with Gasteiger partial charge in [-0.25, -0.2) is 0 Å². The smallest absolute Gasteiger partial charge is 0.316 e. The first-order valence-electron chi connectivity index (χ1n) is 8.29. The predicted molar refractivity (Wildman–Crippen MR) is 95.0 cm³/mol. The van der Waals surface area contributed by atoms with Gasteiger partial charge in [-0.1, -0.05) is 23.7 Å². The number of hydrogen-bond acceptors (Lipinski definition) is 4. The molecule has 0 heterocycles. The Morgan fingerprint density at radius 3 is 2.68 bits per heavy atom. The average Bonchev–Trinajstić information content (AvgIpc) is 2.61. The minimum Gasteiger partial charge on any atom is -0.489 e. The Bertz CT molecular complexity index is 783. The zero-order chi connectivity index (χ0) is 17.8. The molecule has 1 atom stereocenters. The minimum absolute atomic E-state index is 0.163. The maximum Gasteiger partial charge on any atom is 0.316 e. The van der Waals surface area contributed by atoms with Gasteiger partial charge in [-0.3, -0.25) is 9.59 Å². The van der Waals surface area contributed by atoms with Crippen LogP contribution in [0.4, 0.5) is 0 Å². The van der Waals surface area contributed by atoms with Gasteiger partial charge in [-0.2, -0.15) is 0 Å². The molecule has 0 aromatic heterocycles. The highest BCUT2D eigenvalue weighted by Gasteiger charge is 2.33. The standard InChI is InChI=1S/C20H19ClO4/c1-2-24-20(23)18-9-5-14-11-16(8-10-17(14)19(18)22)25-12-13-3-6-15(21)7-4-13/h3-4,6-8,10-11,18H,2,5,9,12H2,1H3. The summed E-state index contributed by atoms with van der Waals surface area (Å²) in [5, 5.41) is 0.687. The second-order valence-electron chi connectivity index (χ2n) is 5.94. The molecular weight excluding hydrogens is 340 g/mol. The molecule has 130 valence electrons. The summed E-state index contributed by atoms with van der Waals surface area (Å²) in [5.41, 5.74) is 2.52. The van der Waals surface area contributed by atoms with Crippen molar-refractivity contribution in [2.45, 2.75) is 26.4 Å². The van der Waals surface area contributed by atoms with Gasteiger partial charge in [0, 0.05) is 10.6 Å². The number of Topliss-reactive ketones (excluding diaryl/α,β-unsaturated/α-hetero) is 1. The number of hydrogen-bond donors (Lipinski definition) is 0. The van der Waals surface area contributed by atoms with E-state index < -0.39 is 11.9 Å². The van der Waals surface area contributed by atoms with E-state index in [2.05, 4.69) is 0 Å². The van der Waals surface area contributed by atoms with Gasteiger partial charge in [0.1, 0.15) is 18.3 Å². The Balaban J connectivity index is 1.70. The molecule has 2 aromatic carbocycles. The largest absolute Gasteiger partial charge is 0.489 e. The normalized spacial score (nSPS) is 16.2. The lowest BCUT2D eigenvalue weighted by Gasteiger charge is -2.22. The number of rotatable bonds is 5. The maximum atomic E-state index is 12.5. The molecule has 0 amide bonds. The third-order valence-corrected chi connectivity index (χ3v) is 4.50. The first kappa shape index (κ1) is 17.5. The Kier molecular flexibility index (Phi) is 5.39. The molecule has 0 bridgehead atoms. The number of esters is 1. The van der Waals surface area contributed by atoms with Gasteiger partial charge in [0.05, 0.1) is 6.61 Å². The lowest BCUT2D eigenvalue weighted by atomic mass is 9.82. The highest BCUT2D eigenvalue weighted by Crippen LogP contribution is 2.29. The molecule has 4 nitrogen and oxygen atoms in total. The van der Waals surface area contributed by atoms with E-state index in [9.17, 15) is 9.59 Å². The predicted octanol–water partition coefficient (Wildman–Crippen LogP) is 4.23. The van der Waals surface area contributed by atoms with Crippen molar-refractivity contribution in [2.24, 2.45) is 5.92 Å². The molecule has 0 radical (unpaired) electrons. The lowest BCUT2D eigenvalue weighted by molar-refractivity contribution is -0.146. The number of aryl methyl sites for hydroxylation is 1. The second kappa shape index (κ2) is 7.70. The molecule has 0 saturated carbocycles. The van der Waals surface area contributed by atoms with Crippen molar-refractivity contribution < 1.29 is 19.1 Å². The van der Waals surface area contributed by atoms with E-state index in [1.807, 2.05) is 30.3 Å². The molecule has 0 aliphatic heterocycles. The van der Waals surface area contributed by atoms with Gasteiger partial charge < -0.3 is 9.47 Å². The summed E-state index contributed by atoms with van der Waals surface area (Å²) in [6.07, 6.45) is 1.13. The number of carbonyl (C=O) groups is 2. The van der Waals surface area contributed by atoms with Crippen LogP contribution in [0.1, 0.15) is 34.8 Å². The molecule has 1 unspecified atom stereocenters. The Hall–Kier alpha value is -2.33. The Morgan fingerprint density at radius 2 is 1.96 bits per heavy atom. The topological polar surface area (TPSA) is 52.6 Å². The molecule has 0 N–H and O–H groups in total. The molecule has 1 aliphatic rings. The van der Waals surface area contributed by atoms with Gasteiger partial charge >= 0.3 is 5.97 Å². The minimum atomic E-state index is -0.687. The summed E-state index contributed by atoms with van der Waals surface area (Å²) in [7, 11) is 0. The van der Waals surface area contributed by atoms with Crippen LogP contribution in [0.3, 0.4) is 0 Å². The fourth-order valence-corrected chi connectivity index (χ4v) is 3.07. The molecule has 0 fully saturated rings. The van der Waals surface area contributed by atoms with Crippen molar-refractivity contribution in [2.75, 3.05) is 6.61 Å². The fourth-order valence-electron chi connectivity index (χ4n) is 2.94. The number of ether oxygens (including phenoxy) is 2. The van der Waals surface area contributed by atoms with E-state index in [1.165, 1.54) is 0 Å². The van der Waals surface area contributed by atoms with E-state index in [0.29, 0.717) is 35.8 Å². The first-order chi connectivity index (χ1) is 12.1. The van der Waals surface area contributed by atoms with Crippen molar-refractivity contribution in [1.29, 1.82) is 0 Å². The first-order valence-corrected chi connectivity index (χ1v) is 8.67. The maximum absolute atomic E-state index is 12.5. The number of halogens is 1. The zero-order valence-corrected chi connectivity index (χ0v) is 14.7. The van der Waals surface area contributed by atoms with Crippen LogP contribution in [0.2, 0.25) is 5.02 Å². The van der Waals surface area contributed by atoms with Crippen molar-refractivity contribution >= 4 is 23.4 Å².